The van der Waals surface area contributed by atoms with Crippen molar-refractivity contribution in [3.63, 3.8) is 0 Å². The minimum absolute atomic E-state index is 0.0512. The molecule has 76 valence electrons. The summed E-state index contributed by atoms with van der Waals surface area (Å²) in [5.41, 5.74) is 0. The highest BCUT2D eigenvalue weighted by atomic mass is 16.5. The highest BCUT2D eigenvalue weighted by Gasteiger charge is 2.06. The van der Waals surface area contributed by atoms with Gasteiger partial charge in [-0.15, -0.1) is 0 Å². The van der Waals surface area contributed by atoms with Crippen molar-refractivity contribution in [1.29, 1.82) is 0 Å². The van der Waals surface area contributed by atoms with Crippen LogP contribution in [0.25, 0.3) is 0 Å². The molecule has 0 saturated heterocycles. The van der Waals surface area contributed by atoms with Crippen molar-refractivity contribution in [2.75, 3.05) is 0 Å². The maximum Gasteiger partial charge on any atom is 0.306 e. The zero-order valence-electron chi connectivity index (χ0n) is 8.88. The number of ether oxygens (including phenoxy) is 1. The van der Waals surface area contributed by atoms with Crippen LogP contribution in [-0.2, 0) is 9.53 Å². The zero-order valence-corrected chi connectivity index (χ0v) is 8.88. The molecule has 1 atom stereocenters. The third kappa shape index (κ3) is 7.57. The third-order valence-electron chi connectivity index (χ3n) is 1.76. The Bertz CT molecular complexity index is 161. The molecule has 0 aromatic heterocycles. The van der Waals surface area contributed by atoms with E-state index in [-0.39, 0.29) is 12.1 Å². The van der Waals surface area contributed by atoms with E-state index >= 15 is 0 Å². The molecular weight excluding hydrogens is 164 g/mol. The van der Waals surface area contributed by atoms with E-state index in [0.717, 1.165) is 19.3 Å². The van der Waals surface area contributed by atoms with Crippen LogP contribution < -0.4 is 0 Å². The molecule has 0 heterocycles. The van der Waals surface area contributed by atoms with Gasteiger partial charge in [0.15, 0.2) is 0 Å². The van der Waals surface area contributed by atoms with Gasteiger partial charge in [-0.2, -0.15) is 0 Å². The highest BCUT2D eigenvalue weighted by molar-refractivity contribution is 5.69. The van der Waals surface area contributed by atoms with Gasteiger partial charge in [-0.1, -0.05) is 19.1 Å². The first kappa shape index (κ1) is 12.2. The zero-order chi connectivity index (χ0) is 10.1. The molecule has 2 nitrogen and oxygen atoms in total. The average Bonchev–Trinajstić information content (AvgIpc) is 2.05. The van der Waals surface area contributed by atoms with E-state index in [1.165, 1.54) is 0 Å². The summed E-state index contributed by atoms with van der Waals surface area (Å²) in [7, 11) is 0. The van der Waals surface area contributed by atoms with Crippen LogP contribution in [0.1, 0.15) is 46.5 Å². The van der Waals surface area contributed by atoms with E-state index in [2.05, 4.69) is 6.08 Å². The Morgan fingerprint density at radius 3 is 2.77 bits per heavy atom. The van der Waals surface area contributed by atoms with Crippen molar-refractivity contribution in [2.45, 2.75) is 52.6 Å². The Kier molecular flexibility index (Phi) is 7.36. The molecule has 0 aromatic carbocycles. The fourth-order valence-electron chi connectivity index (χ4n) is 1.04. The Labute approximate surface area is 81.0 Å². The number of hydrogen-bond acceptors (Lipinski definition) is 2. The van der Waals surface area contributed by atoms with E-state index in [0.29, 0.717) is 6.42 Å². The molecule has 1 unspecified atom stereocenters. The lowest BCUT2D eigenvalue weighted by Crippen LogP contribution is -2.14. The first-order chi connectivity index (χ1) is 6.20. The number of allylic oxidation sites excluding steroid dienone is 2. The van der Waals surface area contributed by atoms with Gasteiger partial charge in [0.2, 0.25) is 0 Å². The fraction of sp³-hybridized carbons (Fsp3) is 0.727. The van der Waals surface area contributed by atoms with Gasteiger partial charge >= 0.3 is 5.97 Å². The van der Waals surface area contributed by atoms with Crippen LogP contribution in [0.2, 0.25) is 0 Å². The van der Waals surface area contributed by atoms with Gasteiger partial charge in [0, 0.05) is 6.42 Å². The smallest absolute Gasteiger partial charge is 0.306 e. The normalized spacial score (nSPS) is 13.2. The number of hydrogen-bond donors (Lipinski definition) is 0. The Morgan fingerprint density at radius 2 is 2.23 bits per heavy atom. The van der Waals surface area contributed by atoms with E-state index in [1.807, 2.05) is 26.8 Å². The summed E-state index contributed by atoms with van der Waals surface area (Å²) >= 11 is 0. The van der Waals surface area contributed by atoms with E-state index < -0.39 is 0 Å². The van der Waals surface area contributed by atoms with Crippen molar-refractivity contribution in [3.05, 3.63) is 12.2 Å². The van der Waals surface area contributed by atoms with Gasteiger partial charge in [-0.05, 0) is 33.1 Å². The predicted octanol–water partition coefficient (Wildman–Crippen LogP) is 3.07. The molecule has 0 radical (unpaired) electrons. The van der Waals surface area contributed by atoms with Crippen LogP contribution in [0.3, 0.4) is 0 Å². The minimum atomic E-state index is -0.0736. The molecule has 0 aliphatic carbocycles. The van der Waals surface area contributed by atoms with Gasteiger partial charge in [-0.3, -0.25) is 4.79 Å². The molecule has 0 amide bonds. The molecule has 0 fully saturated rings. The van der Waals surface area contributed by atoms with Crippen molar-refractivity contribution in [2.24, 2.45) is 0 Å². The summed E-state index contributed by atoms with van der Waals surface area (Å²) in [6.45, 7) is 5.91. The quantitative estimate of drug-likeness (QED) is 0.468. The van der Waals surface area contributed by atoms with Gasteiger partial charge < -0.3 is 4.74 Å². The summed E-state index contributed by atoms with van der Waals surface area (Å²) in [5, 5.41) is 0. The van der Waals surface area contributed by atoms with E-state index in [4.69, 9.17) is 4.74 Å². The van der Waals surface area contributed by atoms with E-state index in [1.54, 1.807) is 0 Å². The summed E-state index contributed by atoms with van der Waals surface area (Å²) in [6, 6.07) is 0. The maximum absolute atomic E-state index is 11.0. The van der Waals surface area contributed by atoms with Crippen LogP contribution >= 0.6 is 0 Å². The molecule has 13 heavy (non-hydrogen) atoms. The molecule has 0 spiro atoms. The first-order valence-electron chi connectivity index (χ1n) is 5.01. The van der Waals surface area contributed by atoms with Crippen molar-refractivity contribution >= 4 is 5.97 Å². The lowest BCUT2D eigenvalue weighted by molar-refractivity contribution is -0.148. The van der Waals surface area contributed by atoms with Crippen LogP contribution in [0.4, 0.5) is 0 Å². The number of carbonyl (C=O) groups excluding carboxylic acids is 1. The number of rotatable bonds is 6. The average molecular weight is 184 g/mol. The molecular formula is C11H20O2. The van der Waals surface area contributed by atoms with Crippen LogP contribution in [0.5, 0.6) is 0 Å². The highest BCUT2D eigenvalue weighted by Crippen LogP contribution is 2.04. The third-order valence-corrected chi connectivity index (χ3v) is 1.76. The fourth-order valence-corrected chi connectivity index (χ4v) is 1.04. The number of carbonyl (C=O) groups is 1. The summed E-state index contributed by atoms with van der Waals surface area (Å²) < 4.78 is 5.16. The summed E-state index contributed by atoms with van der Waals surface area (Å²) in [6.07, 6.45) is 7.45. The van der Waals surface area contributed by atoms with Gasteiger partial charge in [0.05, 0.1) is 6.10 Å². The van der Waals surface area contributed by atoms with Crippen molar-refractivity contribution in [1.82, 2.24) is 0 Å². The monoisotopic (exact) mass is 184 g/mol. The summed E-state index contributed by atoms with van der Waals surface area (Å²) in [5.74, 6) is -0.0736. The van der Waals surface area contributed by atoms with Crippen LogP contribution in [0, 0.1) is 0 Å². The molecule has 0 aromatic rings. The lowest BCUT2D eigenvalue weighted by Gasteiger charge is -2.11. The molecule has 0 aliphatic rings. The van der Waals surface area contributed by atoms with Crippen molar-refractivity contribution in [3.8, 4) is 0 Å². The van der Waals surface area contributed by atoms with Crippen LogP contribution in [0.15, 0.2) is 12.2 Å². The topological polar surface area (TPSA) is 26.3 Å². The molecule has 0 N–H and O–H groups in total. The Hall–Kier alpha value is -0.790. The Morgan fingerprint density at radius 1 is 1.54 bits per heavy atom. The Balaban J connectivity index is 3.49. The lowest BCUT2D eigenvalue weighted by atomic mass is 10.2. The second kappa shape index (κ2) is 7.84. The second-order valence-electron chi connectivity index (χ2n) is 3.20. The molecule has 0 bridgehead atoms. The molecule has 0 saturated carbocycles. The maximum atomic E-state index is 11.0. The molecule has 2 heteroatoms. The predicted molar refractivity (Wildman–Crippen MR) is 54.5 cm³/mol. The van der Waals surface area contributed by atoms with Gasteiger partial charge in [-0.25, -0.2) is 0 Å². The minimum Gasteiger partial charge on any atom is -0.463 e. The summed E-state index contributed by atoms with van der Waals surface area (Å²) in [4.78, 5) is 11.0. The molecule has 0 aliphatic heterocycles. The molecule has 0 rings (SSSR count). The van der Waals surface area contributed by atoms with Crippen LogP contribution in [-0.4, -0.2) is 12.1 Å². The first-order valence-corrected chi connectivity index (χ1v) is 5.01. The SMILES string of the molecule is CC=CCCC(C)OC(=O)CCC. The van der Waals surface area contributed by atoms with Crippen molar-refractivity contribution < 1.29 is 9.53 Å². The van der Waals surface area contributed by atoms with Gasteiger partial charge in [0.1, 0.15) is 0 Å². The largest absolute Gasteiger partial charge is 0.463 e. The van der Waals surface area contributed by atoms with Gasteiger partial charge in [0.25, 0.3) is 0 Å². The standard InChI is InChI=1S/C11H20O2/c1-4-6-7-9-10(3)13-11(12)8-5-2/h4,6,10H,5,7-9H2,1-3H3. The number of esters is 1. The van der Waals surface area contributed by atoms with E-state index in [9.17, 15) is 4.79 Å². The second-order valence-corrected chi connectivity index (χ2v) is 3.20.